The van der Waals surface area contributed by atoms with E-state index in [1.165, 1.54) is 6.08 Å². The summed E-state index contributed by atoms with van der Waals surface area (Å²) in [5.74, 6) is -0.410. The summed E-state index contributed by atoms with van der Waals surface area (Å²) in [5.41, 5.74) is 5.17. The van der Waals surface area contributed by atoms with Crippen molar-refractivity contribution in [2.45, 2.75) is 0 Å². The molecule has 1 aliphatic rings. The zero-order valence-electron chi connectivity index (χ0n) is 4.19. The van der Waals surface area contributed by atoms with Crippen molar-refractivity contribution in [1.29, 1.82) is 0 Å². The maximum absolute atomic E-state index is 12.2. The molecule has 0 atom stereocenters. The molecule has 1 nitrogen and oxygen atoms in total. The fourth-order valence-corrected chi connectivity index (χ4v) is 0.429. The normalized spacial score (nSPS) is 16.6. The highest BCUT2D eigenvalue weighted by Gasteiger charge is 2.09. The quantitative estimate of drug-likeness (QED) is 0.463. The Morgan fingerprint density at radius 1 is 1.62 bits per heavy atom. The van der Waals surface area contributed by atoms with Crippen LogP contribution in [0.4, 0.5) is 4.39 Å². The van der Waals surface area contributed by atoms with Crippen LogP contribution in [-0.2, 0) is 0 Å². The first kappa shape index (κ1) is 5.01. The lowest BCUT2D eigenvalue weighted by Crippen LogP contribution is -1.98. The molecule has 8 heavy (non-hydrogen) atoms. The van der Waals surface area contributed by atoms with Crippen molar-refractivity contribution >= 4 is 0 Å². The second-order valence-electron chi connectivity index (χ2n) is 1.43. The van der Waals surface area contributed by atoms with Gasteiger partial charge in [0.15, 0.2) is 0 Å². The fraction of sp³-hybridized carbons (Fsp3) is 0. The van der Waals surface area contributed by atoms with E-state index in [2.05, 4.69) is 6.08 Å². The van der Waals surface area contributed by atoms with Gasteiger partial charge in [-0.3, -0.25) is 0 Å². The van der Waals surface area contributed by atoms with Gasteiger partial charge in [-0.25, -0.2) is 0 Å². The molecule has 0 aromatic heterocycles. The Labute approximate surface area is 47.0 Å². The second-order valence-corrected chi connectivity index (χ2v) is 1.43. The van der Waals surface area contributed by atoms with E-state index in [0.717, 1.165) is 0 Å². The molecule has 0 fully saturated rings. The molecule has 2 heteroatoms. The van der Waals surface area contributed by atoms with E-state index in [0.29, 0.717) is 0 Å². The summed E-state index contributed by atoms with van der Waals surface area (Å²) in [6.45, 7) is 0. The maximum atomic E-state index is 12.2. The minimum Gasteiger partial charge on any atom is -0.367 e. The van der Waals surface area contributed by atoms with Gasteiger partial charge in [0.25, 0.3) is 5.83 Å². The van der Waals surface area contributed by atoms with Gasteiger partial charge in [0.2, 0.25) is 5.70 Å². The molecule has 0 unspecified atom stereocenters. The number of hydrogen-bond acceptors (Lipinski definition) is 1. The van der Waals surface area contributed by atoms with Gasteiger partial charge in [-0.2, -0.15) is 0 Å². The number of hydrogen-bond donors (Lipinski definition) is 1. The van der Waals surface area contributed by atoms with Crippen LogP contribution in [0.1, 0.15) is 0 Å². The van der Waals surface area contributed by atoms with E-state index < -0.39 is 5.83 Å². The van der Waals surface area contributed by atoms with Crippen LogP contribution < -0.4 is 5.73 Å². The first-order chi connectivity index (χ1) is 3.80. The van der Waals surface area contributed by atoms with E-state index in [1.807, 2.05) is 0 Å². The zero-order valence-corrected chi connectivity index (χ0v) is 4.19. The number of allylic oxidation sites excluding steroid dienone is 5. The molecule has 2 N–H and O–H groups in total. The van der Waals surface area contributed by atoms with Crippen LogP contribution in [0.25, 0.3) is 0 Å². The lowest BCUT2D eigenvalue weighted by Gasteiger charge is -1.84. The summed E-state index contributed by atoms with van der Waals surface area (Å²) >= 11 is 0. The highest BCUT2D eigenvalue weighted by atomic mass is 19.1. The molecule has 0 bridgehead atoms. The summed E-state index contributed by atoms with van der Waals surface area (Å²) in [6.07, 6.45) is 6.91. The van der Waals surface area contributed by atoms with E-state index >= 15 is 0 Å². The Morgan fingerprint density at radius 2 is 2.38 bits per heavy atom. The summed E-state index contributed by atoms with van der Waals surface area (Å²) in [6, 6.07) is 0. The van der Waals surface area contributed by atoms with Crippen LogP contribution >= 0.6 is 0 Å². The highest BCUT2D eigenvalue weighted by molar-refractivity contribution is 5.31. The molecule has 0 aliphatic heterocycles. The van der Waals surface area contributed by atoms with E-state index in [9.17, 15) is 4.39 Å². The van der Waals surface area contributed by atoms with Crippen LogP contribution in [0.2, 0.25) is 0 Å². The van der Waals surface area contributed by atoms with Crippen molar-refractivity contribution in [3.05, 3.63) is 35.8 Å². The predicted molar refractivity (Wildman–Crippen MR) is 29.3 cm³/mol. The van der Waals surface area contributed by atoms with Crippen molar-refractivity contribution < 1.29 is 4.39 Å². The first-order valence-electron chi connectivity index (χ1n) is 2.22. The Morgan fingerprint density at radius 3 is 2.75 bits per heavy atom. The molecule has 40 valence electrons. The van der Waals surface area contributed by atoms with E-state index in [-0.39, 0.29) is 5.70 Å². The standard InChI is InChI=1S/C6H5FN/c7-5-3-1-2-4-6(5)8/h1-3H,8H2/q+1. The molecular formula is C6H5FN+. The molecule has 0 saturated heterocycles. The number of nitrogens with two attached hydrogens (primary N) is 1. The maximum Gasteiger partial charge on any atom is 0.264 e. The Balaban J connectivity index is 2.93. The van der Waals surface area contributed by atoms with Crippen molar-refractivity contribution in [3.8, 4) is 0 Å². The van der Waals surface area contributed by atoms with Gasteiger partial charge in [0.05, 0.1) is 18.2 Å². The van der Waals surface area contributed by atoms with Crippen LogP contribution in [0.3, 0.4) is 0 Å². The van der Waals surface area contributed by atoms with Gasteiger partial charge < -0.3 is 5.73 Å². The topological polar surface area (TPSA) is 26.0 Å². The summed E-state index contributed by atoms with van der Waals surface area (Å²) < 4.78 is 12.2. The van der Waals surface area contributed by atoms with Gasteiger partial charge >= 0.3 is 0 Å². The Hall–Kier alpha value is -1.14. The Kier molecular flexibility index (Phi) is 1.10. The third-order valence-corrected chi connectivity index (χ3v) is 0.835. The minimum absolute atomic E-state index is 0.0764. The largest absolute Gasteiger partial charge is 0.367 e. The minimum atomic E-state index is -0.410. The third kappa shape index (κ3) is 0.745. The number of halogens is 1. The van der Waals surface area contributed by atoms with Gasteiger partial charge in [0, 0.05) is 0 Å². The van der Waals surface area contributed by atoms with Gasteiger partial charge in [-0.15, -0.1) is 4.39 Å². The molecule has 0 spiro atoms. The molecule has 0 aromatic carbocycles. The van der Waals surface area contributed by atoms with Crippen molar-refractivity contribution in [3.63, 3.8) is 0 Å². The van der Waals surface area contributed by atoms with Crippen LogP contribution in [0.15, 0.2) is 29.8 Å². The predicted octanol–water partition coefficient (Wildman–Crippen LogP) is 1.06. The Bertz CT molecular complexity index is 157. The van der Waals surface area contributed by atoms with Crippen LogP contribution in [0, 0.1) is 6.08 Å². The molecule has 1 rings (SSSR count). The highest BCUT2D eigenvalue weighted by Crippen LogP contribution is 2.08. The summed E-state index contributed by atoms with van der Waals surface area (Å²) in [5, 5.41) is 0. The van der Waals surface area contributed by atoms with Gasteiger partial charge in [-0.1, -0.05) is 0 Å². The first-order valence-corrected chi connectivity index (χ1v) is 2.22. The summed E-state index contributed by atoms with van der Waals surface area (Å²) in [7, 11) is 0. The number of rotatable bonds is 0. The van der Waals surface area contributed by atoms with Crippen molar-refractivity contribution in [1.82, 2.24) is 0 Å². The smallest absolute Gasteiger partial charge is 0.264 e. The lowest BCUT2D eigenvalue weighted by atomic mass is 10.2. The lowest BCUT2D eigenvalue weighted by molar-refractivity contribution is 0.646. The molecule has 0 amide bonds. The zero-order chi connectivity index (χ0) is 5.98. The van der Waals surface area contributed by atoms with Gasteiger partial charge in [-0.05, 0) is 0 Å². The van der Waals surface area contributed by atoms with E-state index in [1.54, 1.807) is 12.2 Å². The van der Waals surface area contributed by atoms with Crippen molar-refractivity contribution in [2.24, 2.45) is 5.73 Å². The molecule has 0 aromatic rings. The monoisotopic (exact) mass is 110 g/mol. The average Bonchev–Trinajstić information content (AvgIpc) is 1.77. The average molecular weight is 110 g/mol. The molecular weight excluding hydrogens is 105 g/mol. The SMILES string of the molecule is NC1=[C+]C=CC=C1F. The van der Waals surface area contributed by atoms with Crippen molar-refractivity contribution in [2.75, 3.05) is 0 Å². The van der Waals surface area contributed by atoms with Crippen LogP contribution in [-0.4, -0.2) is 0 Å². The third-order valence-electron chi connectivity index (χ3n) is 0.835. The van der Waals surface area contributed by atoms with Crippen LogP contribution in [0.5, 0.6) is 0 Å². The molecule has 1 aliphatic carbocycles. The molecule has 0 saturated carbocycles. The molecule has 0 heterocycles. The van der Waals surface area contributed by atoms with E-state index in [4.69, 9.17) is 5.73 Å². The summed E-state index contributed by atoms with van der Waals surface area (Å²) in [4.78, 5) is 0. The fourth-order valence-electron chi connectivity index (χ4n) is 0.429. The molecule has 0 radical (unpaired) electrons. The van der Waals surface area contributed by atoms with Gasteiger partial charge in [0.1, 0.15) is 6.08 Å². The second kappa shape index (κ2) is 1.76.